The summed E-state index contributed by atoms with van der Waals surface area (Å²) < 4.78 is 5.79. The highest BCUT2D eigenvalue weighted by molar-refractivity contribution is 5.90. The molecule has 2 atom stereocenters. The molecule has 0 spiro atoms. The van der Waals surface area contributed by atoms with Crippen LogP contribution >= 0.6 is 0 Å². The highest BCUT2D eigenvalue weighted by Gasteiger charge is 2.24. The van der Waals surface area contributed by atoms with E-state index in [1.165, 1.54) is 0 Å². The molecule has 110 valence electrons. The maximum atomic E-state index is 11.4. The maximum absolute atomic E-state index is 11.4. The molecule has 4 N–H and O–H groups in total. The van der Waals surface area contributed by atoms with Gasteiger partial charge < -0.3 is 20.9 Å². The molecule has 0 aliphatic heterocycles. The molecule has 0 aromatic heterocycles. The van der Waals surface area contributed by atoms with Crippen molar-refractivity contribution < 1.29 is 14.6 Å². The molecule has 1 amide bonds. The molecule has 1 aliphatic rings. The smallest absolute Gasteiger partial charge is 0.225 e. The molecule has 1 fully saturated rings. The average Bonchev–Trinajstić information content (AvgIpc) is 2.44. The zero-order valence-corrected chi connectivity index (χ0v) is 11.5. The minimum absolute atomic E-state index is 0.0936. The molecule has 0 heterocycles. The fraction of sp³-hybridized carbons (Fsp3) is 0.533. The second-order valence-electron chi connectivity index (χ2n) is 5.12. The van der Waals surface area contributed by atoms with Crippen LogP contribution in [0.15, 0.2) is 24.3 Å². The number of ether oxygens (including phenoxy) is 1. The van der Waals surface area contributed by atoms with Crippen LogP contribution in [0.2, 0.25) is 0 Å². The first kappa shape index (κ1) is 14.8. The number of nitrogens with one attached hydrogen (secondary N) is 1. The molecule has 20 heavy (non-hydrogen) atoms. The summed E-state index contributed by atoms with van der Waals surface area (Å²) in [7, 11) is 0. The Kier molecular flexibility index (Phi) is 5.38. The molecule has 0 bridgehead atoms. The lowest BCUT2D eigenvalue weighted by Crippen LogP contribution is -2.34. The Hall–Kier alpha value is -1.59. The Morgan fingerprint density at radius 2 is 2.00 bits per heavy atom. The maximum Gasteiger partial charge on any atom is 0.225 e. The van der Waals surface area contributed by atoms with Crippen molar-refractivity contribution in [1.82, 2.24) is 0 Å². The van der Waals surface area contributed by atoms with Crippen molar-refractivity contribution in [3.8, 4) is 5.75 Å². The molecule has 1 saturated carbocycles. The van der Waals surface area contributed by atoms with E-state index in [0.29, 0.717) is 18.7 Å². The monoisotopic (exact) mass is 278 g/mol. The molecule has 5 nitrogen and oxygen atoms in total. The SMILES string of the molecule is NCCC(=O)Nc1ccc(OC2CCCCC2O)cc1. The first-order valence-electron chi connectivity index (χ1n) is 7.14. The first-order chi connectivity index (χ1) is 9.69. The van der Waals surface area contributed by atoms with Gasteiger partial charge >= 0.3 is 0 Å². The number of anilines is 1. The van der Waals surface area contributed by atoms with Crippen LogP contribution in [0.25, 0.3) is 0 Å². The Labute approximate surface area is 119 Å². The lowest BCUT2D eigenvalue weighted by atomic mass is 9.95. The van der Waals surface area contributed by atoms with Crippen LogP contribution < -0.4 is 15.8 Å². The van der Waals surface area contributed by atoms with Crippen molar-refractivity contribution in [2.75, 3.05) is 11.9 Å². The van der Waals surface area contributed by atoms with Gasteiger partial charge in [0.2, 0.25) is 5.91 Å². The molecule has 2 unspecified atom stereocenters. The summed E-state index contributed by atoms with van der Waals surface area (Å²) in [4.78, 5) is 11.4. The number of carbonyl (C=O) groups is 1. The van der Waals surface area contributed by atoms with E-state index in [1.54, 1.807) is 24.3 Å². The second-order valence-corrected chi connectivity index (χ2v) is 5.12. The number of amides is 1. The van der Waals surface area contributed by atoms with E-state index >= 15 is 0 Å². The van der Waals surface area contributed by atoms with E-state index in [1.807, 2.05) is 0 Å². The molecule has 0 radical (unpaired) electrons. The van der Waals surface area contributed by atoms with Crippen LogP contribution in [-0.2, 0) is 4.79 Å². The summed E-state index contributed by atoms with van der Waals surface area (Å²) in [6.45, 7) is 0.340. The Morgan fingerprint density at radius 3 is 2.65 bits per heavy atom. The van der Waals surface area contributed by atoms with Crippen molar-refractivity contribution in [2.45, 2.75) is 44.3 Å². The van der Waals surface area contributed by atoms with E-state index in [9.17, 15) is 9.90 Å². The summed E-state index contributed by atoms with van der Waals surface area (Å²) in [5.41, 5.74) is 6.04. The van der Waals surface area contributed by atoms with Crippen LogP contribution in [0.4, 0.5) is 5.69 Å². The number of hydrogen-bond acceptors (Lipinski definition) is 4. The first-order valence-corrected chi connectivity index (χ1v) is 7.14. The van der Waals surface area contributed by atoms with Gasteiger partial charge in [-0.25, -0.2) is 0 Å². The number of aliphatic hydroxyl groups excluding tert-OH is 1. The van der Waals surface area contributed by atoms with Gasteiger partial charge in [0.05, 0.1) is 6.10 Å². The number of carbonyl (C=O) groups excluding carboxylic acids is 1. The minimum Gasteiger partial charge on any atom is -0.488 e. The van der Waals surface area contributed by atoms with Gasteiger partial charge in [-0.3, -0.25) is 4.79 Å². The predicted octanol–water partition coefficient (Wildman–Crippen LogP) is 1.66. The molecule has 5 heteroatoms. The summed E-state index contributed by atoms with van der Waals surface area (Å²) in [5.74, 6) is 0.622. The lowest BCUT2D eigenvalue weighted by Gasteiger charge is -2.28. The minimum atomic E-state index is -0.382. The molecule has 1 aromatic carbocycles. The second kappa shape index (κ2) is 7.26. The van der Waals surface area contributed by atoms with E-state index in [2.05, 4.69) is 5.32 Å². The number of rotatable bonds is 5. The predicted molar refractivity (Wildman–Crippen MR) is 77.6 cm³/mol. The molecule has 1 aromatic rings. The molecular formula is C15H22N2O3. The van der Waals surface area contributed by atoms with Gasteiger partial charge in [0.25, 0.3) is 0 Å². The zero-order valence-electron chi connectivity index (χ0n) is 11.5. The summed E-state index contributed by atoms with van der Waals surface area (Å²) in [6.07, 6.45) is 3.65. The highest BCUT2D eigenvalue weighted by atomic mass is 16.5. The van der Waals surface area contributed by atoms with Crippen molar-refractivity contribution in [3.05, 3.63) is 24.3 Å². The number of aliphatic hydroxyl groups is 1. The fourth-order valence-electron chi connectivity index (χ4n) is 2.36. The summed E-state index contributed by atoms with van der Waals surface area (Å²) in [6, 6.07) is 7.19. The third-order valence-corrected chi connectivity index (χ3v) is 3.46. The van der Waals surface area contributed by atoms with Crippen molar-refractivity contribution in [2.24, 2.45) is 5.73 Å². The molecular weight excluding hydrogens is 256 g/mol. The average molecular weight is 278 g/mol. The number of nitrogens with two attached hydrogens (primary N) is 1. The summed E-state index contributed by atoms with van der Waals surface area (Å²) in [5, 5.41) is 12.6. The van der Waals surface area contributed by atoms with Crippen LogP contribution in [-0.4, -0.2) is 29.8 Å². The van der Waals surface area contributed by atoms with Gasteiger partial charge in [0, 0.05) is 18.7 Å². The van der Waals surface area contributed by atoms with E-state index in [0.717, 1.165) is 31.4 Å². The van der Waals surface area contributed by atoms with Gasteiger partial charge in [-0.2, -0.15) is 0 Å². The fourth-order valence-corrected chi connectivity index (χ4v) is 2.36. The van der Waals surface area contributed by atoms with Gasteiger partial charge in [0.15, 0.2) is 0 Å². The number of benzene rings is 1. The van der Waals surface area contributed by atoms with E-state index < -0.39 is 0 Å². The van der Waals surface area contributed by atoms with Crippen molar-refractivity contribution in [1.29, 1.82) is 0 Å². The molecule has 0 saturated heterocycles. The Morgan fingerprint density at radius 1 is 1.30 bits per heavy atom. The normalized spacial score (nSPS) is 22.3. The van der Waals surface area contributed by atoms with Gasteiger partial charge in [-0.05, 0) is 43.5 Å². The quantitative estimate of drug-likeness (QED) is 0.764. The third-order valence-electron chi connectivity index (χ3n) is 3.46. The van der Waals surface area contributed by atoms with Crippen LogP contribution in [0.5, 0.6) is 5.75 Å². The molecule has 2 rings (SSSR count). The largest absolute Gasteiger partial charge is 0.488 e. The molecule has 1 aliphatic carbocycles. The third kappa shape index (κ3) is 4.21. The van der Waals surface area contributed by atoms with Crippen LogP contribution in [0, 0.1) is 0 Å². The van der Waals surface area contributed by atoms with E-state index in [-0.39, 0.29) is 18.1 Å². The lowest BCUT2D eigenvalue weighted by molar-refractivity contribution is -0.116. The van der Waals surface area contributed by atoms with Gasteiger partial charge in [-0.1, -0.05) is 6.42 Å². The van der Waals surface area contributed by atoms with Crippen molar-refractivity contribution >= 4 is 11.6 Å². The number of hydrogen-bond donors (Lipinski definition) is 3. The highest BCUT2D eigenvalue weighted by Crippen LogP contribution is 2.24. The Bertz CT molecular complexity index is 433. The van der Waals surface area contributed by atoms with Crippen LogP contribution in [0.1, 0.15) is 32.1 Å². The standard InChI is InChI=1S/C15H22N2O3/c16-10-9-15(19)17-11-5-7-12(8-6-11)20-14-4-2-1-3-13(14)18/h5-8,13-14,18H,1-4,9-10,16H2,(H,17,19). The Balaban J connectivity index is 1.89. The van der Waals surface area contributed by atoms with Crippen molar-refractivity contribution in [3.63, 3.8) is 0 Å². The van der Waals surface area contributed by atoms with Gasteiger partial charge in [0.1, 0.15) is 11.9 Å². The van der Waals surface area contributed by atoms with Gasteiger partial charge in [-0.15, -0.1) is 0 Å². The topological polar surface area (TPSA) is 84.6 Å². The van der Waals surface area contributed by atoms with E-state index in [4.69, 9.17) is 10.5 Å². The van der Waals surface area contributed by atoms with Crippen LogP contribution in [0.3, 0.4) is 0 Å². The summed E-state index contributed by atoms with van der Waals surface area (Å²) >= 11 is 0. The zero-order chi connectivity index (χ0) is 14.4.